The molecule has 0 amide bonds. The molecule has 2 aromatic carbocycles. The van der Waals surface area contributed by atoms with E-state index in [9.17, 15) is 10.1 Å². The van der Waals surface area contributed by atoms with Gasteiger partial charge >= 0.3 is 0 Å². The normalized spacial score (nSPS) is 10.5. The molecule has 0 bridgehead atoms. The Morgan fingerprint density at radius 1 is 1.14 bits per heavy atom. The van der Waals surface area contributed by atoms with Gasteiger partial charge in [0, 0.05) is 27.1 Å². The summed E-state index contributed by atoms with van der Waals surface area (Å²) in [6.45, 7) is 4.27. The molecular formula is C15H14Br2N2O2. The number of nitrogens with zero attached hydrogens (tertiary/aromatic N) is 1. The number of hydrogen-bond donors (Lipinski definition) is 1. The predicted octanol–water partition coefficient (Wildman–Crippen LogP) is 5.35. The van der Waals surface area contributed by atoms with Crippen LogP contribution in [0.25, 0.3) is 0 Å². The van der Waals surface area contributed by atoms with Crippen molar-refractivity contribution in [1.29, 1.82) is 0 Å². The highest BCUT2D eigenvalue weighted by molar-refractivity contribution is 9.11. The average Bonchev–Trinajstić information content (AvgIpc) is 2.38. The van der Waals surface area contributed by atoms with Gasteiger partial charge < -0.3 is 5.32 Å². The van der Waals surface area contributed by atoms with E-state index >= 15 is 0 Å². The lowest BCUT2D eigenvalue weighted by Gasteiger charge is -2.12. The van der Waals surface area contributed by atoms with Crippen LogP contribution in [0.15, 0.2) is 39.3 Å². The summed E-state index contributed by atoms with van der Waals surface area (Å²) >= 11 is 7.04. The van der Waals surface area contributed by atoms with E-state index in [-0.39, 0.29) is 10.6 Å². The summed E-state index contributed by atoms with van der Waals surface area (Å²) in [4.78, 5) is 10.6. The molecule has 0 atom stereocenters. The lowest BCUT2D eigenvalue weighted by atomic mass is 10.1. The van der Waals surface area contributed by atoms with Crippen molar-refractivity contribution in [3.8, 4) is 0 Å². The molecule has 0 saturated carbocycles. The molecule has 1 N–H and O–H groups in total. The molecule has 4 nitrogen and oxygen atoms in total. The summed E-state index contributed by atoms with van der Waals surface area (Å²) in [6.07, 6.45) is 0. The predicted molar refractivity (Wildman–Crippen MR) is 91.7 cm³/mol. The van der Waals surface area contributed by atoms with Gasteiger partial charge in [0.05, 0.1) is 10.6 Å². The third kappa shape index (κ3) is 3.83. The molecule has 0 heterocycles. The molecule has 0 aliphatic heterocycles. The second-order valence-corrected chi connectivity index (χ2v) is 6.54. The van der Waals surface area contributed by atoms with Gasteiger partial charge in [0.2, 0.25) is 0 Å². The molecule has 2 rings (SSSR count). The SMILES string of the molecule is Cc1cc(Br)c(NCc2ccc(C)c([N+](=O)[O-])c2)c(Br)c1. The van der Waals surface area contributed by atoms with Gasteiger partial charge in [0.25, 0.3) is 5.69 Å². The Hall–Kier alpha value is -1.40. The van der Waals surface area contributed by atoms with E-state index in [0.29, 0.717) is 12.1 Å². The standard InChI is InChI=1S/C15H14Br2N2O2/c1-9-5-12(16)15(13(17)6-9)18-8-11-4-3-10(2)14(7-11)19(20)21/h3-7,18H,8H2,1-2H3. The van der Waals surface area contributed by atoms with Crippen molar-refractivity contribution in [3.63, 3.8) is 0 Å². The van der Waals surface area contributed by atoms with Crippen molar-refractivity contribution in [3.05, 3.63) is 66.1 Å². The third-order valence-electron chi connectivity index (χ3n) is 3.13. The maximum atomic E-state index is 11.0. The number of hydrogen-bond acceptors (Lipinski definition) is 3. The van der Waals surface area contributed by atoms with E-state index in [1.54, 1.807) is 19.1 Å². The van der Waals surface area contributed by atoms with E-state index in [4.69, 9.17) is 0 Å². The highest BCUT2D eigenvalue weighted by Gasteiger charge is 2.11. The Morgan fingerprint density at radius 2 is 1.76 bits per heavy atom. The van der Waals surface area contributed by atoms with Gasteiger partial charge in [-0.15, -0.1) is 0 Å². The number of nitro groups is 1. The number of benzene rings is 2. The van der Waals surface area contributed by atoms with Crippen LogP contribution in [0.4, 0.5) is 11.4 Å². The Labute approximate surface area is 140 Å². The maximum absolute atomic E-state index is 11.0. The molecule has 0 radical (unpaired) electrons. The Bertz CT molecular complexity index is 679. The fourth-order valence-corrected chi connectivity index (χ4v) is 3.72. The fraction of sp³-hybridized carbons (Fsp3) is 0.200. The number of anilines is 1. The van der Waals surface area contributed by atoms with Crippen LogP contribution in [0, 0.1) is 24.0 Å². The summed E-state index contributed by atoms with van der Waals surface area (Å²) in [5.74, 6) is 0. The lowest BCUT2D eigenvalue weighted by molar-refractivity contribution is -0.385. The average molecular weight is 414 g/mol. The summed E-state index contributed by atoms with van der Waals surface area (Å²) in [5.41, 5.74) is 3.76. The number of nitrogens with one attached hydrogen (secondary N) is 1. The first-order chi connectivity index (χ1) is 9.88. The molecule has 21 heavy (non-hydrogen) atoms. The molecule has 0 aromatic heterocycles. The van der Waals surface area contributed by atoms with Crippen LogP contribution in [0.5, 0.6) is 0 Å². The molecule has 0 fully saturated rings. The van der Waals surface area contributed by atoms with Crippen LogP contribution in [-0.4, -0.2) is 4.92 Å². The van der Waals surface area contributed by atoms with Gasteiger partial charge in [0.1, 0.15) is 0 Å². The Kier molecular flexibility index (Phi) is 5.00. The van der Waals surface area contributed by atoms with Crippen LogP contribution in [0.2, 0.25) is 0 Å². The van der Waals surface area contributed by atoms with Crippen LogP contribution in [0.3, 0.4) is 0 Å². The van der Waals surface area contributed by atoms with Crippen LogP contribution in [0.1, 0.15) is 16.7 Å². The van der Waals surface area contributed by atoms with Crippen molar-refractivity contribution in [2.75, 3.05) is 5.32 Å². The zero-order chi connectivity index (χ0) is 15.6. The molecule has 0 aliphatic rings. The Balaban J connectivity index is 2.21. The number of nitro benzene ring substituents is 1. The van der Waals surface area contributed by atoms with Crippen LogP contribution >= 0.6 is 31.9 Å². The van der Waals surface area contributed by atoms with E-state index in [1.807, 2.05) is 25.1 Å². The molecule has 0 aliphatic carbocycles. The minimum atomic E-state index is -0.351. The minimum absolute atomic E-state index is 0.149. The van der Waals surface area contributed by atoms with Gasteiger partial charge in [-0.1, -0.05) is 12.1 Å². The van der Waals surface area contributed by atoms with Gasteiger partial charge in [-0.3, -0.25) is 10.1 Å². The van der Waals surface area contributed by atoms with Crippen molar-refractivity contribution in [1.82, 2.24) is 0 Å². The minimum Gasteiger partial charge on any atom is -0.379 e. The Morgan fingerprint density at radius 3 is 2.33 bits per heavy atom. The summed E-state index contributed by atoms with van der Waals surface area (Å²) in [5, 5.41) is 14.3. The molecule has 2 aromatic rings. The van der Waals surface area contributed by atoms with Gasteiger partial charge in [-0.05, 0) is 69.0 Å². The molecular weight excluding hydrogens is 400 g/mol. The molecule has 0 saturated heterocycles. The van der Waals surface area contributed by atoms with E-state index < -0.39 is 0 Å². The first-order valence-corrected chi connectivity index (χ1v) is 7.90. The topological polar surface area (TPSA) is 55.2 Å². The zero-order valence-electron chi connectivity index (χ0n) is 11.6. The molecule has 110 valence electrons. The van der Waals surface area contributed by atoms with Crippen molar-refractivity contribution < 1.29 is 4.92 Å². The smallest absolute Gasteiger partial charge is 0.272 e. The monoisotopic (exact) mass is 412 g/mol. The second-order valence-electron chi connectivity index (χ2n) is 4.84. The summed E-state index contributed by atoms with van der Waals surface area (Å²) < 4.78 is 1.91. The van der Waals surface area contributed by atoms with Gasteiger partial charge in [-0.25, -0.2) is 0 Å². The molecule has 0 unspecified atom stereocenters. The van der Waals surface area contributed by atoms with Gasteiger partial charge in [-0.2, -0.15) is 0 Å². The zero-order valence-corrected chi connectivity index (χ0v) is 14.8. The van der Waals surface area contributed by atoms with Crippen LogP contribution in [-0.2, 0) is 6.54 Å². The van der Waals surface area contributed by atoms with E-state index in [0.717, 1.165) is 25.8 Å². The van der Waals surface area contributed by atoms with Gasteiger partial charge in [0.15, 0.2) is 0 Å². The quantitative estimate of drug-likeness (QED) is 0.542. The fourth-order valence-electron chi connectivity index (χ4n) is 2.02. The molecule has 0 spiro atoms. The van der Waals surface area contributed by atoms with Crippen molar-refractivity contribution >= 4 is 43.2 Å². The first-order valence-electron chi connectivity index (χ1n) is 6.32. The van der Waals surface area contributed by atoms with E-state index in [1.165, 1.54) is 0 Å². The lowest BCUT2D eigenvalue weighted by Crippen LogP contribution is -2.02. The first kappa shape index (κ1) is 16.0. The largest absolute Gasteiger partial charge is 0.379 e. The molecule has 6 heteroatoms. The number of rotatable bonds is 4. The second kappa shape index (κ2) is 6.58. The van der Waals surface area contributed by atoms with Crippen molar-refractivity contribution in [2.24, 2.45) is 0 Å². The highest BCUT2D eigenvalue weighted by Crippen LogP contribution is 2.32. The number of halogens is 2. The van der Waals surface area contributed by atoms with Crippen molar-refractivity contribution in [2.45, 2.75) is 20.4 Å². The number of aryl methyl sites for hydroxylation is 2. The highest BCUT2D eigenvalue weighted by atomic mass is 79.9. The summed E-state index contributed by atoms with van der Waals surface area (Å²) in [7, 11) is 0. The van der Waals surface area contributed by atoms with E-state index in [2.05, 4.69) is 37.2 Å². The van der Waals surface area contributed by atoms with Crippen LogP contribution < -0.4 is 5.32 Å². The third-order valence-corrected chi connectivity index (χ3v) is 4.38. The summed E-state index contributed by atoms with van der Waals surface area (Å²) in [6, 6.07) is 9.31. The maximum Gasteiger partial charge on any atom is 0.272 e.